The molecular formula is C16H24N2O2. The summed E-state index contributed by atoms with van der Waals surface area (Å²) < 4.78 is 5.72. The van der Waals surface area contributed by atoms with Gasteiger partial charge < -0.3 is 15.8 Å². The van der Waals surface area contributed by atoms with Crippen LogP contribution in [0.3, 0.4) is 0 Å². The van der Waals surface area contributed by atoms with Crippen molar-refractivity contribution in [2.24, 2.45) is 17.6 Å². The molecule has 4 heteroatoms. The largest absolute Gasteiger partial charge is 0.489 e. The number of ether oxygens (including phenoxy) is 1. The summed E-state index contributed by atoms with van der Waals surface area (Å²) >= 11 is 0. The molecule has 0 aliphatic heterocycles. The Morgan fingerprint density at radius 3 is 2.85 bits per heavy atom. The Morgan fingerprint density at radius 1 is 1.40 bits per heavy atom. The number of hydrogen-bond donors (Lipinski definition) is 2. The molecule has 3 N–H and O–H groups in total. The molecule has 0 unspecified atom stereocenters. The van der Waals surface area contributed by atoms with Gasteiger partial charge in [-0.25, -0.2) is 0 Å². The van der Waals surface area contributed by atoms with Crippen molar-refractivity contribution in [3.05, 3.63) is 24.3 Å². The Kier molecular flexibility index (Phi) is 5.01. The van der Waals surface area contributed by atoms with Crippen LogP contribution in [0.4, 0.5) is 5.69 Å². The third-order valence-corrected chi connectivity index (χ3v) is 3.81. The van der Waals surface area contributed by atoms with E-state index in [9.17, 15) is 4.79 Å². The highest BCUT2D eigenvalue weighted by molar-refractivity contribution is 5.94. The molecule has 20 heavy (non-hydrogen) atoms. The molecule has 0 saturated heterocycles. The SMILES string of the molecule is CC(C)Oc1ccccc1NC(=O)[C@@H]1CCC[C@@H]1CN. The molecule has 1 aromatic carbocycles. The summed E-state index contributed by atoms with van der Waals surface area (Å²) in [7, 11) is 0. The van der Waals surface area contributed by atoms with Crippen LogP contribution in [0.15, 0.2) is 24.3 Å². The van der Waals surface area contributed by atoms with Crippen LogP contribution in [0.2, 0.25) is 0 Å². The van der Waals surface area contributed by atoms with Crippen molar-refractivity contribution < 1.29 is 9.53 Å². The first-order chi connectivity index (χ1) is 9.61. The molecule has 110 valence electrons. The normalized spacial score (nSPS) is 22.0. The lowest BCUT2D eigenvalue weighted by Crippen LogP contribution is -2.30. The summed E-state index contributed by atoms with van der Waals surface area (Å²) in [5, 5.41) is 3.00. The maximum atomic E-state index is 12.4. The van der Waals surface area contributed by atoms with Gasteiger partial charge in [0.2, 0.25) is 5.91 Å². The van der Waals surface area contributed by atoms with Crippen LogP contribution in [0, 0.1) is 11.8 Å². The lowest BCUT2D eigenvalue weighted by molar-refractivity contribution is -0.120. The van der Waals surface area contributed by atoms with Crippen LogP contribution in [-0.4, -0.2) is 18.6 Å². The van der Waals surface area contributed by atoms with Crippen molar-refractivity contribution in [3.8, 4) is 5.75 Å². The fourth-order valence-corrected chi connectivity index (χ4v) is 2.82. The molecule has 0 radical (unpaired) electrons. The Bertz CT molecular complexity index is 460. The molecule has 1 fully saturated rings. The van der Waals surface area contributed by atoms with Crippen molar-refractivity contribution in [1.29, 1.82) is 0 Å². The van der Waals surface area contributed by atoms with E-state index in [1.807, 2.05) is 38.1 Å². The van der Waals surface area contributed by atoms with E-state index in [4.69, 9.17) is 10.5 Å². The van der Waals surface area contributed by atoms with Gasteiger partial charge in [-0.2, -0.15) is 0 Å². The van der Waals surface area contributed by atoms with Crippen molar-refractivity contribution in [2.45, 2.75) is 39.2 Å². The van der Waals surface area contributed by atoms with Gasteiger partial charge in [-0.05, 0) is 51.3 Å². The third-order valence-electron chi connectivity index (χ3n) is 3.81. The van der Waals surface area contributed by atoms with Crippen LogP contribution in [0.1, 0.15) is 33.1 Å². The molecule has 1 saturated carbocycles. The molecule has 1 amide bonds. The van der Waals surface area contributed by atoms with Gasteiger partial charge in [-0.1, -0.05) is 18.6 Å². The summed E-state index contributed by atoms with van der Waals surface area (Å²) in [6.07, 6.45) is 3.15. The zero-order chi connectivity index (χ0) is 14.5. The van der Waals surface area contributed by atoms with Gasteiger partial charge in [-0.15, -0.1) is 0 Å². The smallest absolute Gasteiger partial charge is 0.227 e. The lowest BCUT2D eigenvalue weighted by atomic mass is 9.95. The van der Waals surface area contributed by atoms with Crippen LogP contribution in [-0.2, 0) is 4.79 Å². The Balaban J connectivity index is 2.07. The fraction of sp³-hybridized carbons (Fsp3) is 0.562. The standard InChI is InChI=1S/C16H24N2O2/c1-11(2)20-15-9-4-3-8-14(15)18-16(19)13-7-5-6-12(13)10-17/h3-4,8-9,11-13H,5-7,10,17H2,1-2H3,(H,18,19)/t12-,13-/m1/s1. The average Bonchev–Trinajstić information content (AvgIpc) is 2.88. The number of hydrogen-bond acceptors (Lipinski definition) is 3. The minimum absolute atomic E-state index is 0.0344. The van der Waals surface area contributed by atoms with E-state index in [2.05, 4.69) is 5.32 Å². The number of nitrogens with two attached hydrogens (primary N) is 1. The van der Waals surface area contributed by atoms with Gasteiger partial charge in [0.25, 0.3) is 0 Å². The van der Waals surface area contributed by atoms with Gasteiger partial charge in [-0.3, -0.25) is 4.79 Å². The quantitative estimate of drug-likeness (QED) is 0.869. The molecule has 2 rings (SSSR count). The van der Waals surface area contributed by atoms with E-state index >= 15 is 0 Å². The van der Waals surface area contributed by atoms with Gasteiger partial charge in [0.1, 0.15) is 5.75 Å². The minimum atomic E-state index is 0.0344. The molecule has 0 spiro atoms. The maximum Gasteiger partial charge on any atom is 0.227 e. The summed E-state index contributed by atoms with van der Waals surface area (Å²) in [5.41, 5.74) is 6.49. The summed E-state index contributed by atoms with van der Waals surface area (Å²) in [6.45, 7) is 4.53. The topological polar surface area (TPSA) is 64.3 Å². The van der Waals surface area contributed by atoms with Crippen molar-refractivity contribution >= 4 is 11.6 Å². The molecule has 1 aliphatic rings. The van der Waals surface area contributed by atoms with Gasteiger partial charge in [0.15, 0.2) is 0 Å². The number of amides is 1. The number of para-hydroxylation sites is 2. The van der Waals surface area contributed by atoms with Gasteiger partial charge >= 0.3 is 0 Å². The zero-order valence-electron chi connectivity index (χ0n) is 12.3. The first-order valence-corrected chi connectivity index (χ1v) is 7.38. The molecular weight excluding hydrogens is 252 g/mol. The minimum Gasteiger partial charge on any atom is -0.489 e. The lowest BCUT2D eigenvalue weighted by Gasteiger charge is -2.19. The van der Waals surface area contributed by atoms with E-state index in [-0.39, 0.29) is 17.9 Å². The van der Waals surface area contributed by atoms with E-state index in [0.29, 0.717) is 12.5 Å². The molecule has 2 atom stereocenters. The predicted octanol–water partition coefficient (Wildman–Crippen LogP) is 2.79. The van der Waals surface area contributed by atoms with Crippen LogP contribution in [0.5, 0.6) is 5.75 Å². The van der Waals surface area contributed by atoms with Crippen LogP contribution < -0.4 is 15.8 Å². The van der Waals surface area contributed by atoms with E-state index in [0.717, 1.165) is 30.7 Å². The monoisotopic (exact) mass is 276 g/mol. The predicted molar refractivity (Wildman–Crippen MR) is 80.7 cm³/mol. The number of anilines is 1. The highest BCUT2D eigenvalue weighted by Gasteiger charge is 2.32. The summed E-state index contributed by atoms with van der Waals surface area (Å²) in [6, 6.07) is 7.57. The van der Waals surface area contributed by atoms with Crippen molar-refractivity contribution in [1.82, 2.24) is 0 Å². The van der Waals surface area contributed by atoms with Gasteiger partial charge in [0.05, 0.1) is 11.8 Å². The molecule has 0 heterocycles. The molecule has 1 aliphatic carbocycles. The van der Waals surface area contributed by atoms with E-state index < -0.39 is 0 Å². The maximum absolute atomic E-state index is 12.4. The zero-order valence-corrected chi connectivity index (χ0v) is 12.3. The Hall–Kier alpha value is -1.55. The summed E-state index contributed by atoms with van der Waals surface area (Å²) in [5.74, 6) is 1.14. The van der Waals surface area contributed by atoms with Crippen LogP contribution >= 0.6 is 0 Å². The number of benzene rings is 1. The van der Waals surface area contributed by atoms with Gasteiger partial charge in [0, 0.05) is 5.92 Å². The van der Waals surface area contributed by atoms with Crippen molar-refractivity contribution in [2.75, 3.05) is 11.9 Å². The van der Waals surface area contributed by atoms with Crippen molar-refractivity contribution in [3.63, 3.8) is 0 Å². The molecule has 4 nitrogen and oxygen atoms in total. The number of carbonyl (C=O) groups is 1. The first kappa shape index (κ1) is 14.9. The second kappa shape index (κ2) is 6.75. The fourth-order valence-electron chi connectivity index (χ4n) is 2.82. The number of rotatable bonds is 5. The second-order valence-corrected chi connectivity index (χ2v) is 5.69. The number of nitrogens with one attached hydrogen (secondary N) is 1. The van der Waals surface area contributed by atoms with E-state index in [1.54, 1.807) is 0 Å². The second-order valence-electron chi connectivity index (χ2n) is 5.69. The molecule has 0 bridgehead atoms. The summed E-state index contributed by atoms with van der Waals surface area (Å²) in [4.78, 5) is 12.4. The average molecular weight is 276 g/mol. The third kappa shape index (κ3) is 3.51. The highest BCUT2D eigenvalue weighted by atomic mass is 16.5. The Morgan fingerprint density at radius 2 is 2.15 bits per heavy atom. The number of carbonyl (C=O) groups excluding carboxylic acids is 1. The van der Waals surface area contributed by atoms with Crippen LogP contribution in [0.25, 0.3) is 0 Å². The Labute approximate surface area is 120 Å². The first-order valence-electron chi connectivity index (χ1n) is 7.38. The molecule has 1 aromatic rings. The van der Waals surface area contributed by atoms with E-state index in [1.165, 1.54) is 0 Å². The molecule has 0 aromatic heterocycles. The highest BCUT2D eigenvalue weighted by Crippen LogP contribution is 2.33.